The van der Waals surface area contributed by atoms with Crippen molar-refractivity contribution < 1.29 is 22.7 Å². The number of fused-ring (bicyclic) bond motifs is 1. The molecule has 0 aliphatic carbocycles. The number of aryl methyl sites for hydroxylation is 1. The van der Waals surface area contributed by atoms with E-state index < -0.39 is 17.6 Å². The lowest BCUT2D eigenvalue weighted by atomic mass is 9.91. The van der Waals surface area contributed by atoms with E-state index in [9.17, 15) is 18.0 Å². The number of hydrogen-bond acceptors (Lipinski definition) is 6. The molecule has 11 heteroatoms. The quantitative estimate of drug-likeness (QED) is 0.219. The predicted molar refractivity (Wildman–Crippen MR) is 148 cm³/mol. The van der Waals surface area contributed by atoms with E-state index >= 15 is 0 Å². The molecule has 2 heterocycles. The fourth-order valence-electron chi connectivity index (χ4n) is 4.44. The van der Waals surface area contributed by atoms with E-state index in [-0.39, 0.29) is 22.4 Å². The standard InChI is InChI=1S/C29H21ClF3N5O2/c1-15-6-7-17(27(39)37-20-5-3-4-19(13-20)29(31,32)33)10-21(15)22-11-18-14-36-28(34)38-25(18)24(26(22)40-2)16-8-9-35-23(30)12-16/h3-14H,1-2H3,(H,37,39)(H2,34,36,38). The molecule has 0 saturated heterocycles. The van der Waals surface area contributed by atoms with Crippen LogP contribution in [0.15, 0.2) is 73.1 Å². The van der Waals surface area contributed by atoms with Crippen molar-refractivity contribution >= 4 is 40.0 Å². The van der Waals surface area contributed by atoms with Crippen LogP contribution in [0.25, 0.3) is 33.2 Å². The molecule has 7 nitrogen and oxygen atoms in total. The first-order chi connectivity index (χ1) is 19.0. The smallest absolute Gasteiger partial charge is 0.416 e. The van der Waals surface area contributed by atoms with Crippen LogP contribution >= 0.6 is 11.6 Å². The van der Waals surface area contributed by atoms with Crippen LogP contribution in [-0.2, 0) is 6.18 Å². The highest BCUT2D eigenvalue weighted by Gasteiger charge is 2.30. The molecule has 3 N–H and O–H groups in total. The molecule has 202 valence electrons. The van der Waals surface area contributed by atoms with Crippen molar-refractivity contribution in [3.8, 4) is 28.0 Å². The third-order valence-electron chi connectivity index (χ3n) is 6.30. The van der Waals surface area contributed by atoms with Crippen LogP contribution in [0.5, 0.6) is 5.75 Å². The molecule has 0 aliphatic heterocycles. The first-order valence-electron chi connectivity index (χ1n) is 11.9. The molecule has 5 aromatic rings. The number of rotatable bonds is 5. The van der Waals surface area contributed by atoms with Gasteiger partial charge in [-0.2, -0.15) is 13.2 Å². The van der Waals surface area contributed by atoms with Gasteiger partial charge in [0.15, 0.2) is 0 Å². The molecule has 0 saturated carbocycles. The van der Waals surface area contributed by atoms with Crippen LogP contribution in [0, 0.1) is 6.92 Å². The van der Waals surface area contributed by atoms with Crippen LogP contribution in [0.2, 0.25) is 5.15 Å². The summed E-state index contributed by atoms with van der Waals surface area (Å²) in [7, 11) is 1.51. The minimum Gasteiger partial charge on any atom is -0.495 e. The molecule has 2 aromatic heterocycles. The molecular formula is C29H21ClF3N5O2. The van der Waals surface area contributed by atoms with Crippen LogP contribution in [0.1, 0.15) is 21.5 Å². The Morgan fingerprint density at radius 3 is 2.55 bits per heavy atom. The Hall–Kier alpha value is -4.70. The highest BCUT2D eigenvalue weighted by atomic mass is 35.5. The Balaban J connectivity index is 1.65. The zero-order valence-corrected chi connectivity index (χ0v) is 21.9. The lowest BCUT2D eigenvalue weighted by Crippen LogP contribution is -2.13. The van der Waals surface area contributed by atoms with Gasteiger partial charge in [-0.05, 0) is 72.1 Å². The van der Waals surface area contributed by atoms with Gasteiger partial charge in [-0.25, -0.2) is 15.0 Å². The number of aromatic nitrogens is 3. The number of anilines is 2. The minimum atomic E-state index is -4.53. The summed E-state index contributed by atoms with van der Waals surface area (Å²) in [6.45, 7) is 1.87. The van der Waals surface area contributed by atoms with E-state index in [1.165, 1.54) is 19.2 Å². The van der Waals surface area contributed by atoms with E-state index in [0.29, 0.717) is 38.9 Å². The number of halogens is 4. The molecule has 0 fully saturated rings. The van der Waals surface area contributed by atoms with E-state index in [2.05, 4.69) is 20.3 Å². The Kier molecular flexibility index (Phi) is 7.03. The van der Waals surface area contributed by atoms with E-state index in [4.69, 9.17) is 22.1 Å². The van der Waals surface area contributed by atoms with Crippen molar-refractivity contribution in [2.45, 2.75) is 13.1 Å². The number of carbonyl (C=O) groups excluding carboxylic acids is 1. The molecule has 0 unspecified atom stereocenters. The zero-order valence-electron chi connectivity index (χ0n) is 21.2. The number of nitrogen functional groups attached to an aromatic ring is 1. The molecule has 0 aliphatic rings. The summed E-state index contributed by atoms with van der Waals surface area (Å²) in [6, 6.07) is 14.7. The van der Waals surface area contributed by atoms with Crippen molar-refractivity contribution in [3.05, 3.63) is 94.9 Å². The molecule has 0 bridgehead atoms. The summed E-state index contributed by atoms with van der Waals surface area (Å²) in [5.41, 5.74) is 9.25. The number of alkyl halides is 3. The topological polar surface area (TPSA) is 103 Å². The number of benzene rings is 3. The lowest BCUT2D eigenvalue weighted by molar-refractivity contribution is -0.137. The number of nitrogens with two attached hydrogens (primary N) is 1. The number of carbonyl (C=O) groups is 1. The highest BCUT2D eigenvalue weighted by molar-refractivity contribution is 6.29. The van der Waals surface area contributed by atoms with Gasteiger partial charge in [0.25, 0.3) is 5.91 Å². The van der Waals surface area contributed by atoms with E-state index in [1.807, 2.05) is 13.0 Å². The Labute approximate surface area is 231 Å². The fourth-order valence-corrected chi connectivity index (χ4v) is 4.62. The van der Waals surface area contributed by atoms with Crippen LogP contribution in [-0.4, -0.2) is 28.0 Å². The number of nitrogens with one attached hydrogen (secondary N) is 1. The van der Waals surface area contributed by atoms with Gasteiger partial charge in [-0.1, -0.05) is 23.7 Å². The fraction of sp³-hybridized carbons (Fsp3) is 0.103. The maximum atomic E-state index is 13.1. The third-order valence-corrected chi connectivity index (χ3v) is 6.51. The SMILES string of the molecule is COc1c(-c2cc(C(=O)Nc3cccc(C(F)(F)F)c3)ccc2C)cc2cnc(N)nc2c1-c1ccnc(Cl)c1. The lowest BCUT2D eigenvalue weighted by Gasteiger charge is -2.19. The molecule has 40 heavy (non-hydrogen) atoms. The maximum Gasteiger partial charge on any atom is 0.416 e. The summed E-state index contributed by atoms with van der Waals surface area (Å²) >= 11 is 6.20. The predicted octanol–water partition coefficient (Wildman–Crippen LogP) is 7.18. The molecule has 0 spiro atoms. The molecule has 3 aromatic carbocycles. The monoisotopic (exact) mass is 563 g/mol. The summed E-state index contributed by atoms with van der Waals surface area (Å²) in [4.78, 5) is 25.8. The van der Waals surface area contributed by atoms with Crippen molar-refractivity contribution in [2.24, 2.45) is 0 Å². The zero-order chi connectivity index (χ0) is 28.6. The van der Waals surface area contributed by atoms with Gasteiger partial charge in [0, 0.05) is 34.6 Å². The van der Waals surface area contributed by atoms with Crippen LogP contribution in [0.4, 0.5) is 24.8 Å². The summed E-state index contributed by atoms with van der Waals surface area (Å²) in [6.07, 6.45) is -1.38. The summed E-state index contributed by atoms with van der Waals surface area (Å²) < 4.78 is 45.3. The van der Waals surface area contributed by atoms with Crippen LogP contribution < -0.4 is 15.8 Å². The number of amides is 1. The molecule has 0 radical (unpaired) electrons. The average molecular weight is 564 g/mol. The summed E-state index contributed by atoms with van der Waals surface area (Å²) in [5, 5.41) is 3.48. The Morgan fingerprint density at radius 1 is 1.02 bits per heavy atom. The average Bonchev–Trinajstić information content (AvgIpc) is 2.92. The van der Waals surface area contributed by atoms with E-state index in [1.54, 1.807) is 42.7 Å². The number of ether oxygens (including phenoxy) is 1. The molecule has 5 rings (SSSR count). The largest absolute Gasteiger partial charge is 0.495 e. The Bertz CT molecular complexity index is 1780. The van der Waals surface area contributed by atoms with Gasteiger partial charge < -0.3 is 15.8 Å². The van der Waals surface area contributed by atoms with Gasteiger partial charge in [0.05, 0.1) is 23.8 Å². The first-order valence-corrected chi connectivity index (χ1v) is 12.3. The summed E-state index contributed by atoms with van der Waals surface area (Å²) in [5.74, 6) is -0.0443. The second-order valence-corrected chi connectivity index (χ2v) is 9.32. The van der Waals surface area contributed by atoms with Crippen molar-refractivity contribution in [3.63, 3.8) is 0 Å². The molecule has 0 atom stereocenters. The van der Waals surface area contributed by atoms with Gasteiger partial charge in [-0.15, -0.1) is 0 Å². The van der Waals surface area contributed by atoms with Crippen molar-refractivity contribution in [1.29, 1.82) is 0 Å². The molecule has 1 amide bonds. The number of nitrogens with zero attached hydrogens (tertiary/aromatic N) is 3. The van der Waals surface area contributed by atoms with Crippen LogP contribution in [0.3, 0.4) is 0 Å². The van der Waals surface area contributed by atoms with Gasteiger partial charge in [-0.3, -0.25) is 4.79 Å². The highest BCUT2D eigenvalue weighted by Crippen LogP contribution is 2.45. The van der Waals surface area contributed by atoms with Gasteiger partial charge >= 0.3 is 6.18 Å². The van der Waals surface area contributed by atoms with Gasteiger partial charge in [0.1, 0.15) is 10.9 Å². The van der Waals surface area contributed by atoms with Gasteiger partial charge in [0.2, 0.25) is 5.95 Å². The van der Waals surface area contributed by atoms with Crippen molar-refractivity contribution in [2.75, 3.05) is 18.2 Å². The third kappa shape index (κ3) is 5.26. The number of methoxy groups -OCH3 is 1. The normalized spacial score (nSPS) is 11.4. The minimum absolute atomic E-state index is 0.0248. The Morgan fingerprint density at radius 2 is 1.82 bits per heavy atom. The second kappa shape index (κ2) is 10.5. The maximum absolute atomic E-state index is 13.1. The second-order valence-electron chi connectivity index (χ2n) is 8.93. The number of hydrogen-bond donors (Lipinski definition) is 2. The van der Waals surface area contributed by atoms with Crippen molar-refractivity contribution in [1.82, 2.24) is 15.0 Å². The van der Waals surface area contributed by atoms with E-state index in [0.717, 1.165) is 17.7 Å². The number of pyridine rings is 1. The molecular weight excluding hydrogens is 543 g/mol. The first kappa shape index (κ1) is 26.9.